The van der Waals surface area contributed by atoms with Crippen LogP contribution >= 0.6 is 0 Å². The Labute approximate surface area is 137 Å². The van der Waals surface area contributed by atoms with Crippen molar-refractivity contribution in [2.24, 2.45) is 5.92 Å². The van der Waals surface area contributed by atoms with Gasteiger partial charge in [0.25, 0.3) is 5.91 Å². The third-order valence-electron chi connectivity index (χ3n) is 5.53. The minimum atomic E-state index is -0.890. The molecule has 1 N–H and O–H groups in total. The summed E-state index contributed by atoms with van der Waals surface area (Å²) in [5.74, 6) is -0.733. The quantitative estimate of drug-likeness (QED) is 0.834. The highest BCUT2D eigenvalue weighted by Crippen LogP contribution is 2.40. The Morgan fingerprint density at radius 2 is 2.04 bits per heavy atom. The first-order valence-corrected chi connectivity index (χ1v) is 8.86. The summed E-state index contributed by atoms with van der Waals surface area (Å²) in [6.07, 6.45) is 6.21. The first kappa shape index (κ1) is 16.7. The van der Waals surface area contributed by atoms with E-state index in [0.29, 0.717) is 18.9 Å². The standard InChI is InChI=1S/C17H27NO5/c1-11(23-10-13-6-4-8-22-13)16(19)18-14-7-3-2-5-12(14)9-15(18)17(20)21/h11-15H,2-10H2,1H3,(H,20,21)/t11-,12-,13-,14-,15-/m0/s1. The third kappa shape index (κ3) is 3.53. The minimum Gasteiger partial charge on any atom is -0.480 e. The Hall–Kier alpha value is -1.14. The second-order valence-electron chi connectivity index (χ2n) is 7.06. The summed E-state index contributed by atoms with van der Waals surface area (Å²) in [4.78, 5) is 26.0. The molecule has 2 heterocycles. The van der Waals surface area contributed by atoms with E-state index in [2.05, 4.69) is 0 Å². The summed E-state index contributed by atoms with van der Waals surface area (Å²) < 4.78 is 11.2. The van der Waals surface area contributed by atoms with Crippen molar-refractivity contribution in [3.8, 4) is 0 Å². The van der Waals surface area contributed by atoms with Crippen molar-refractivity contribution in [1.29, 1.82) is 0 Å². The molecule has 0 unspecified atom stereocenters. The smallest absolute Gasteiger partial charge is 0.326 e. The van der Waals surface area contributed by atoms with Crippen molar-refractivity contribution in [1.82, 2.24) is 4.90 Å². The van der Waals surface area contributed by atoms with Gasteiger partial charge in [-0.2, -0.15) is 0 Å². The summed E-state index contributed by atoms with van der Waals surface area (Å²) in [6.45, 7) is 2.90. The second-order valence-corrected chi connectivity index (χ2v) is 7.06. The third-order valence-corrected chi connectivity index (χ3v) is 5.53. The molecule has 5 atom stereocenters. The van der Waals surface area contributed by atoms with Crippen LogP contribution in [0.3, 0.4) is 0 Å². The molecule has 3 fully saturated rings. The van der Waals surface area contributed by atoms with E-state index in [4.69, 9.17) is 9.47 Å². The molecule has 1 saturated carbocycles. The first-order chi connectivity index (χ1) is 11.1. The Morgan fingerprint density at radius 1 is 1.26 bits per heavy atom. The van der Waals surface area contributed by atoms with E-state index < -0.39 is 18.1 Å². The number of carbonyl (C=O) groups excluding carboxylic acids is 1. The van der Waals surface area contributed by atoms with Crippen molar-refractivity contribution in [3.63, 3.8) is 0 Å². The largest absolute Gasteiger partial charge is 0.480 e. The Balaban J connectivity index is 1.63. The molecule has 1 aliphatic carbocycles. The number of likely N-dealkylation sites (tertiary alicyclic amines) is 1. The number of amides is 1. The molecule has 23 heavy (non-hydrogen) atoms. The van der Waals surface area contributed by atoms with E-state index in [-0.39, 0.29) is 18.1 Å². The average molecular weight is 325 g/mol. The maximum absolute atomic E-state index is 12.8. The number of nitrogens with zero attached hydrogens (tertiary/aromatic N) is 1. The fourth-order valence-electron chi connectivity index (χ4n) is 4.31. The van der Waals surface area contributed by atoms with Crippen molar-refractivity contribution >= 4 is 11.9 Å². The molecular weight excluding hydrogens is 298 g/mol. The van der Waals surface area contributed by atoms with Crippen LogP contribution < -0.4 is 0 Å². The molecule has 2 aliphatic heterocycles. The first-order valence-electron chi connectivity index (χ1n) is 8.86. The van der Waals surface area contributed by atoms with Crippen LogP contribution in [0.15, 0.2) is 0 Å². The lowest BCUT2D eigenvalue weighted by atomic mass is 9.84. The predicted octanol–water partition coefficient (Wildman–Crippen LogP) is 1.81. The van der Waals surface area contributed by atoms with Crippen molar-refractivity contribution in [3.05, 3.63) is 0 Å². The molecule has 0 spiro atoms. The molecule has 6 heteroatoms. The Bertz CT molecular complexity index is 448. The highest BCUT2D eigenvalue weighted by molar-refractivity contribution is 5.87. The van der Waals surface area contributed by atoms with Crippen LogP contribution in [0.1, 0.15) is 51.9 Å². The molecule has 0 radical (unpaired) electrons. The van der Waals surface area contributed by atoms with E-state index in [0.717, 1.165) is 45.1 Å². The number of fused-ring (bicyclic) bond motifs is 1. The van der Waals surface area contributed by atoms with Crippen LogP contribution in [0.5, 0.6) is 0 Å². The van der Waals surface area contributed by atoms with E-state index in [1.54, 1.807) is 11.8 Å². The SMILES string of the molecule is C[C@H](OC[C@@H]1CCCO1)C(=O)N1[C@H](C(=O)O)C[C@@H]2CCCC[C@@H]21. The number of carbonyl (C=O) groups is 2. The zero-order valence-electron chi connectivity index (χ0n) is 13.8. The maximum atomic E-state index is 12.8. The van der Waals surface area contributed by atoms with Crippen LogP contribution in [-0.2, 0) is 19.1 Å². The van der Waals surface area contributed by atoms with Gasteiger partial charge in [-0.05, 0) is 44.9 Å². The fraction of sp³-hybridized carbons (Fsp3) is 0.882. The van der Waals surface area contributed by atoms with Gasteiger partial charge in [0.1, 0.15) is 12.1 Å². The van der Waals surface area contributed by atoms with Gasteiger partial charge in [0, 0.05) is 12.6 Å². The van der Waals surface area contributed by atoms with Crippen LogP contribution in [0.25, 0.3) is 0 Å². The molecule has 130 valence electrons. The zero-order chi connectivity index (χ0) is 16.4. The molecule has 0 aromatic rings. The zero-order valence-corrected chi connectivity index (χ0v) is 13.8. The van der Waals surface area contributed by atoms with Gasteiger partial charge in [0.2, 0.25) is 0 Å². The molecule has 3 aliphatic rings. The number of hydrogen-bond donors (Lipinski definition) is 1. The highest BCUT2D eigenvalue weighted by atomic mass is 16.5. The van der Waals surface area contributed by atoms with Gasteiger partial charge in [0.05, 0.1) is 12.7 Å². The maximum Gasteiger partial charge on any atom is 0.326 e. The van der Waals surface area contributed by atoms with Crippen molar-refractivity contribution < 1.29 is 24.2 Å². The van der Waals surface area contributed by atoms with Gasteiger partial charge in [-0.1, -0.05) is 12.8 Å². The van der Waals surface area contributed by atoms with Crippen molar-refractivity contribution in [2.75, 3.05) is 13.2 Å². The summed E-state index contributed by atoms with van der Waals surface area (Å²) in [5.41, 5.74) is 0. The van der Waals surface area contributed by atoms with Crippen LogP contribution in [0.2, 0.25) is 0 Å². The molecule has 2 saturated heterocycles. The van der Waals surface area contributed by atoms with Crippen LogP contribution in [0.4, 0.5) is 0 Å². The summed E-state index contributed by atoms with van der Waals surface area (Å²) in [5, 5.41) is 9.51. The highest BCUT2D eigenvalue weighted by Gasteiger charge is 2.48. The molecule has 3 rings (SSSR count). The molecular formula is C17H27NO5. The van der Waals surface area contributed by atoms with Gasteiger partial charge >= 0.3 is 5.97 Å². The lowest BCUT2D eigenvalue weighted by molar-refractivity contribution is -0.156. The Morgan fingerprint density at radius 3 is 2.74 bits per heavy atom. The van der Waals surface area contributed by atoms with Crippen LogP contribution in [-0.4, -0.2) is 59.4 Å². The number of carboxylic acids is 1. The molecule has 0 bridgehead atoms. The Kier molecular flexibility index (Phi) is 5.21. The second kappa shape index (κ2) is 7.18. The topological polar surface area (TPSA) is 76.1 Å². The summed E-state index contributed by atoms with van der Waals surface area (Å²) in [6, 6.07) is -0.615. The fourth-order valence-corrected chi connectivity index (χ4v) is 4.31. The van der Waals surface area contributed by atoms with E-state index in [1.807, 2.05) is 0 Å². The number of rotatable bonds is 5. The number of carboxylic acid groups (broad SMARTS) is 1. The monoisotopic (exact) mass is 325 g/mol. The van der Waals surface area contributed by atoms with Gasteiger partial charge in [-0.25, -0.2) is 4.79 Å². The number of hydrogen-bond acceptors (Lipinski definition) is 4. The average Bonchev–Trinajstić information content (AvgIpc) is 3.19. The van der Waals surface area contributed by atoms with Crippen molar-refractivity contribution in [2.45, 2.75) is 76.2 Å². The van der Waals surface area contributed by atoms with E-state index >= 15 is 0 Å². The normalized spacial score (nSPS) is 35.1. The minimum absolute atomic E-state index is 0.0709. The van der Waals surface area contributed by atoms with Gasteiger partial charge in [-0.15, -0.1) is 0 Å². The number of aliphatic carboxylic acids is 1. The van der Waals surface area contributed by atoms with E-state index in [1.165, 1.54) is 0 Å². The van der Waals surface area contributed by atoms with Gasteiger partial charge < -0.3 is 19.5 Å². The molecule has 0 aromatic carbocycles. The molecule has 0 aromatic heterocycles. The lowest BCUT2D eigenvalue weighted by Crippen LogP contribution is -2.50. The van der Waals surface area contributed by atoms with Gasteiger partial charge in [-0.3, -0.25) is 4.79 Å². The number of ether oxygens (including phenoxy) is 2. The summed E-state index contributed by atoms with van der Waals surface area (Å²) in [7, 11) is 0. The lowest BCUT2D eigenvalue weighted by Gasteiger charge is -2.34. The molecule has 6 nitrogen and oxygen atoms in total. The molecule has 1 amide bonds. The summed E-state index contributed by atoms with van der Waals surface area (Å²) >= 11 is 0. The van der Waals surface area contributed by atoms with E-state index in [9.17, 15) is 14.7 Å². The predicted molar refractivity (Wildman–Crippen MR) is 83.0 cm³/mol. The van der Waals surface area contributed by atoms with Gasteiger partial charge in [0.15, 0.2) is 0 Å². The van der Waals surface area contributed by atoms with Crippen LogP contribution in [0, 0.1) is 5.92 Å².